The molecule has 138 valence electrons. The normalized spacial score (nSPS) is 27.0. The highest BCUT2D eigenvalue weighted by Crippen LogP contribution is 2.54. The molecule has 6 nitrogen and oxygen atoms in total. The third kappa shape index (κ3) is 2.48. The average molecular weight is 370 g/mol. The number of Topliss-reactive ketones (excluding diaryl/α,β-unsaturated/α-hetero) is 1. The first-order valence-electron chi connectivity index (χ1n) is 9.17. The van der Waals surface area contributed by atoms with Crippen molar-refractivity contribution in [2.75, 3.05) is 7.11 Å². The molecule has 0 N–H and O–H groups in total. The lowest BCUT2D eigenvalue weighted by Crippen LogP contribution is -2.40. The maximum absolute atomic E-state index is 13.3. The van der Waals surface area contributed by atoms with Crippen LogP contribution in [0.5, 0.6) is 5.75 Å². The fourth-order valence-electron chi connectivity index (χ4n) is 4.36. The SMILES string of the molecule is COc1ccc([C@@H]2[C@@H](C(=O)C3CC3)N3C=C(C#N)C=C[C@@H]3C2(C#N)C#N)cc1. The fourth-order valence-corrected chi connectivity index (χ4v) is 4.36. The van der Waals surface area contributed by atoms with Crippen molar-refractivity contribution >= 4 is 5.78 Å². The Balaban J connectivity index is 1.90. The first kappa shape index (κ1) is 17.8. The zero-order valence-corrected chi connectivity index (χ0v) is 15.4. The second-order valence-corrected chi connectivity index (χ2v) is 7.41. The number of nitriles is 3. The lowest BCUT2D eigenvalue weighted by atomic mass is 9.69. The Morgan fingerprint density at radius 3 is 2.39 bits per heavy atom. The number of rotatable bonds is 4. The van der Waals surface area contributed by atoms with Gasteiger partial charge in [0.15, 0.2) is 11.2 Å². The predicted octanol–water partition coefficient (Wildman–Crippen LogP) is 2.82. The van der Waals surface area contributed by atoms with E-state index in [2.05, 4.69) is 18.2 Å². The molecular weight excluding hydrogens is 352 g/mol. The van der Waals surface area contributed by atoms with Crippen LogP contribution in [0.1, 0.15) is 24.3 Å². The van der Waals surface area contributed by atoms with Crippen molar-refractivity contribution in [1.29, 1.82) is 15.8 Å². The Hall–Kier alpha value is -3.56. The van der Waals surface area contributed by atoms with E-state index in [4.69, 9.17) is 4.74 Å². The number of nitrogens with zero attached hydrogens (tertiary/aromatic N) is 4. The fraction of sp³-hybridized carbons (Fsp3) is 0.364. The molecular formula is C22H18N4O2. The third-order valence-corrected chi connectivity index (χ3v) is 5.91. The van der Waals surface area contributed by atoms with Gasteiger partial charge in [-0.3, -0.25) is 4.79 Å². The monoisotopic (exact) mass is 370 g/mol. The molecule has 1 aliphatic carbocycles. The highest BCUT2D eigenvalue weighted by molar-refractivity contribution is 5.90. The van der Waals surface area contributed by atoms with Crippen LogP contribution in [0, 0.1) is 45.3 Å². The molecule has 2 fully saturated rings. The Kier molecular flexibility index (Phi) is 4.17. The van der Waals surface area contributed by atoms with Gasteiger partial charge >= 0.3 is 0 Å². The van der Waals surface area contributed by atoms with Crippen LogP contribution >= 0.6 is 0 Å². The summed E-state index contributed by atoms with van der Waals surface area (Å²) in [6, 6.07) is 12.5. The quantitative estimate of drug-likeness (QED) is 0.808. The van der Waals surface area contributed by atoms with Crippen molar-refractivity contribution in [3.8, 4) is 24.0 Å². The number of fused-ring (bicyclic) bond motifs is 1. The third-order valence-electron chi connectivity index (χ3n) is 5.91. The maximum atomic E-state index is 13.3. The van der Waals surface area contributed by atoms with Gasteiger partial charge in [0.1, 0.15) is 11.8 Å². The van der Waals surface area contributed by atoms with Crippen molar-refractivity contribution < 1.29 is 9.53 Å². The van der Waals surface area contributed by atoms with Crippen LogP contribution in [0.15, 0.2) is 48.2 Å². The lowest BCUT2D eigenvalue weighted by molar-refractivity contribution is -0.124. The molecule has 3 atom stereocenters. The summed E-state index contributed by atoms with van der Waals surface area (Å²) in [4.78, 5) is 15.0. The Morgan fingerprint density at radius 2 is 1.86 bits per heavy atom. The molecule has 28 heavy (non-hydrogen) atoms. The molecule has 3 aliphatic rings. The second kappa shape index (κ2) is 6.55. The molecule has 1 saturated carbocycles. The van der Waals surface area contributed by atoms with Crippen LogP contribution in [0.25, 0.3) is 0 Å². The molecule has 0 radical (unpaired) electrons. The van der Waals surface area contributed by atoms with Crippen LogP contribution in [0.3, 0.4) is 0 Å². The highest BCUT2D eigenvalue weighted by Gasteiger charge is 2.63. The van der Waals surface area contributed by atoms with E-state index in [9.17, 15) is 20.6 Å². The summed E-state index contributed by atoms with van der Waals surface area (Å²) in [5.74, 6) is 0.0486. The summed E-state index contributed by atoms with van der Waals surface area (Å²) < 4.78 is 5.22. The minimum absolute atomic E-state index is 0.0376. The zero-order chi connectivity index (χ0) is 19.9. The zero-order valence-electron chi connectivity index (χ0n) is 15.4. The van der Waals surface area contributed by atoms with E-state index in [1.165, 1.54) is 0 Å². The van der Waals surface area contributed by atoms with Gasteiger partial charge in [0.05, 0.1) is 36.9 Å². The first-order chi connectivity index (χ1) is 13.6. The minimum Gasteiger partial charge on any atom is -0.497 e. The number of ketones is 1. The van der Waals surface area contributed by atoms with E-state index >= 15 is 0 Å². The number of carbonyl (C=O) groups excluding carboxylic acids is 1. The Morgan fingerprint density at radius 1 is 1.18 bits per heavy atom. The highest BCUT2D eigenvalue weighted by atomic mass is 16.5. The molecule has 4 rings (SSSR count). The van der Waals surface area contributed by atoms with Crippen molar-refractivity contribution in [2.45, 2.75) is 30.8 Å². The van der Waals surface area contributed by atoms with Crippen LogP contribution in [0.4, 0.5) is 0 Å². The molecule has 0 bridgehead atoms. The number of methoxy groups -OCH3 is 1. The van der Waals surface area contributed by atoms with E-state index in [0.29, 0.717) is 11.3 Å². The number of hydrogen-bond donors (Lipinski definition) is 0. The first-order valence-corrected chi connectivity index (χ1v) is 9.17. The molecule has 0 aromatic heterocycles. The van der Waals surface area contributed by atoms with Gasteiger partial charge in [0, 0.05) is 18.0 Å². The van der Waals surface area contributed by atoms with Crippen molar-refractivity contribution in [2.24, 2.45) is 11.3 Å². The summed E-state index contributed by atoms with van der Waals surface area (Å²) in [6.07, 6.45) is 6.63. The van der Waals surface area contributed by atoms with Gasteiger partial charge in [-0.25, -0.2) is 0 Å². The number of carbonyl (C=O) groups is 1. The Labute approximate surface area is 163 Å². The van der Waals surface area contributed by atoms with E-state index in [1.54, 1.807) is 42.5 Å². The van der Waals surface area contributed by atoms with Crippen LogP contribution in [-0.2, 0) is 4.79 Å². The standard InChI is InChI=1S/C22H18N4O2/c1-28-17-7-5-15(6-8-17)19-20(21(27)16-3-4-16)26-11-14(10-23)2-9-18(26)22(19,12-24)13-25/h2,5-9,11,16,18-20H,3-4H2,1H3/t18-,19-,20+/m1/s1. The second-order valence-electron chi connectivity index (χ2n) is 7.41. The molecule has 0 spiro atoms. The van der Waals surface area contributed by atoms with Gasteiger partial charge < -0.3 is 9.64 Å². The van der Waals surface area contributed by atoms with Crippen LogP contribution in [-0.4, -0.2) is 29.9 Å². The molecule has 2 aliphatic heterocycles. The van der Waals surface area contributed by atoms with Gasteiger partial charge in [-0.2, -0.15) is 15.8 Å². The molecule has 1 aromatic carbocycles. The van der Waals surface area contributed by atoms with E-state index in [-0.39, 0.29) is 11.7 Å². The van der Waals surface area contributed by atoms with E-state index in [0.717, 1.165) is 18.4 Å². The molecule has 6 heteroatoms. The topological polar surface area (TPSA) is 101 Å². The molecule has 2 heterocycles. The van der Waals surface area contributed by atoms with Gasteiger partial charge in [0.25, 0.3) is 0 Å². The largest absolute Gasteiger partial charge is 0.497 e. The number of hydrogen-bond acceptors (Lipinski definition) is 6. The number of benzene rings is 1. The summed E-state index contributed by atoms with van der Waals surface area (Å²) in [5, 5.41) is 29.5. The summed E-state index contributed by atoms with van der Waals surface area (Å²) in [7, 11) is 1.57. The summed E-state index contributed by atoms with van der Waals surface area (Å²) in [6.45, 7) is 0. The van der Waals surface area contributed by atoms with Gasteiger partial charge in [-0.05, 0) is 36.6 Å². The predicted molar refractivity (Wildman–Crippen MR) is 99.4 cm³/mol. The molecule has 0 unspecified atom stereocenters. The van der Waals surface area contributed by atoms with Crippen LogP contribution < -0.4 is 4.74 Å². The molecule has 0 amide bonds. The average Bonchev–Trinajstić information content (AvgIpc) is 3.55. The number of ether oxygens (including phenoxy) is 1. The van der Waals surface area contributed by atoms with Gasteiger partial charge in [-0.1, -0.05) is 18.2 Å². The van der Waals surface area contributed by atoms with Gasteiger partial charge in [-0.15, -0.1) is 0 Å². The van der Waals surface area contributed by atoms with E-state index < -0.39 is 23.4 Å². The summed E-state index contributed by atoms with van der Waals surface area (Å²) in [5.41, 5.74) is -0.278. The van der Waals surface area contributed by atoms with E-state index in [1.807, 2.05) is 12.1 Å². The minimum atomic E-state index is -1.43. The smallest absolute Gasteiger partial charge is 0.176 e. The van der Waals surface area contributed by atoms with Gasteiger partial charge in [0.2, 0.25) is 0 Å². The lowest BCUT2D eigenvalue weighted by Gasteiger charge is -2.30. The summed E-state index contributed by atoms with van der Waals surface area (Å²) >= 11 is 0. The number of allylic oxidation sites excluding steroid dienone is 2. The molecule has 1 saturated heterocycles. The Bertz CT molecular complexity index is 985. The van der Waals surface area contributed by atoms with Crippen LogP contribution in [0.2, 0.25) is 0 Å². The van der Waals surface area contributed by atoms with Crippen molar-refractivity contribution in [3.05, 3.63) is 53.8 Å². The van der Waals surface area contributed by atoms with Crippen molar-refractivity contribution in [1.82, 2.24) is 4.90 Å². The van der Waals surface area contributed by atoms with Crippen molar-refractivity contribution in [3.63, 3.8) is 0 Å². The molecule has 1 aromatic rings. The maximum Gasteiger partial charge on any atom is 0.176 e.